The van der Waals surface area contributed by atoms with Gasteiger partial charge in [0.25, 0.3) is 0 Å². The monoisotopic (exact) mass is 282 g/mol. The van der Waals surface area contributed by atoms with Crippen molar-refractivity contribution in [1.29, 1.82) is 0 Å². The van der Waals surface area contributed by atoms with Crippen molar-refractivity contribution in [3.8, 4) is 0 Å². The summed E-state index contributed by atoms with van der Waals surface area (Å²) in [4.78, 5) is 2.45. The van der Waals surface area contributed by atoms with Gasteiger partial charge in [0.05, 0.1) is 18.8 Å². The molecule has 106 valence electrons. The number of hydrogen-bond acceptors (Lipinski definition) is 3. The van der Waals surface area contributed by atoms with Crippen LogP contribution >= 0.6 is 11.6 Å². The third-order valence-corrected chi connectivity index (χ3v) is 4.05. The molecule has 1 N–H and O–H groups in total. The average Bonchev–Trinajstić information content (AvgIpc) is 2.41. The molecular weight excluding hydrogens is 260 g/mol. The Morgan fingerprint density at radius 3 is 2.95 bits per heavy atom. The Morgan fingerprint density at radius 2 is 2.26 bits per heavy atom. The van der Waals surface area contributed by atoms with Crippen molar-refractivity contribution in [1.82, 2.24) is 5.32 Å². The van der Waals surface area contributed by atoms with E-state index in [4.69, 9.17) is 16.3 Å². The largest absolute Gasteiger partial charge is 0.375 e. The average molecular weight is 283 g/mol. The molecule has 2 unspecified atom stereocenters. The summed E-state index contributed by atoms with van der Waals surface area (Å²) in [6, 6.07) is 6.59. The molecule has 2 rings (SSSR count). The first-order valence-electron chi connectivity index (χ1n) is 6.97. The van der Waals surface area contributed by atoms with Crippen molar-refractivity contribution >= 4 is 17.3 Å². The Bertz CT molecular complexity index is 425. The molecule has 1 aliphatic rings. The van der Waals surface area contributed by atoms with Crippen molar-refractivity contribution in [2.75, 3.05) is 25.1 Å². The molecule has 0 saturated carbocycles. The summed E-state index contributed by atoms with van der Waals surface area (Å²) in [5, 5.41) is 4.04. The molecule has 0 spiro atoms. The fraction of sp³-hybridized carbons (Fsp3) is 0.600. The van der Waals surface area contributed by atoms with Crippen LogP contribution in [0.1, 0.15) is 25.8 Å². The maximum Gasteiger partial charge on any atom is 0.0723 e. The van der Waals surface area contributed by atoms with Crippen LogP contribution < -0.4 is 10.2 Å². The highest BCUT2D eigenvalue weighted by Gasteiger charge is 2.27. The van der Waals surface area contributed by atoms with Gasteiger partial charge in [0.15, 0.2) is 0 Å². The smallest absolute Gasteiger partial charge is 0.0723 e. The molecule has 1 fully saturated rings. The van der Waals surface area contributed by atoms with Gasteiger partial charge in [-0.15, -0.1) is 0 Å². The predicted octanol–water partition coefficient (Wildman–Crippen LogP) is 3.06. The Hall–Kier alpha value is -0.770. The van der Waals surface area contributed by atoms with Gasteiger partial charge in [-0.1, -0.05) is 24.6 Å². The molecule has 0 aliphatic carbocycles. The van der Waals surface area contributed by atoms with Gasteiger partial charge in [0, 0.05) is 29.4 Å². The minimum Gasteiger partial charge on any atom is -0.375 e. The molecular formula is C15H23ClN2O. The van der Waals surface area contributed by atoms with Crippen LogP contribution in [0.2, 0.25) is 5.02 Å². The number of nitrogens with zero attached hydrogens (tertiary/aromatic N) is 1. The first kappa shape index (κ1) is 14.6. The van der Waals surface area contributed by atoms with E-state index in [-0.39, 0.29) is 6.10 Å². The molecule has 0 amide bonds. The van der Waals surface area contributed by atoms with Crippen molar-refractivity contribution in [2.24, 2.45) is 0 Å². The zero-order chi connectivity index (χ0) is 13.8. The summed E-state index contributed by atoms with van der Waals surface area (Å²) in [6.07, 6.45) is 1.35. The molecule has 1 aromatic carbocycles. The van der Waals surface area contributed by atoms with Crippen molar-refractivity contribution in [3.63, 3.8) is 0 Å². The molecule has 0 bridgehead atoms. The van der Waals surface area contributed by atoms with Crippen LogP contribution in [0.4, 0.5) is 5.69 Å². The van der Waals surface area contributed by atoms with Gasteiger partial charge in [-0.3, -0.25) is 0 Å². The molecule has 2 atom stereocenters. The fourth-order valence-corrected chi connectivity index (χ4v) is 2.88. The number of morpholine rings is 1. The van der Waals surface area contributed by atoms with E-state index < -0.39 is 0 Å². The molecule has 4 heteroatoms. The topological polar surface area (TPSA) is 24.5 Å². The zero-order valence-electron chi connectivity index (χ0n) is 11.9. The highest BCUT2D eigenvalue weighted by atomic mass is 35.5. The van der Waals surface area contributed by atoms with Gasteiger partial charge in [-0.2, -0.15) is 0 Å². The second-order valence-electron chi connectivity index (χ2n) is 5.13. The molecule has 1 heterocycles. The second kappa shape index (κ2) is 6.60. The summed E-state index contributed by atoms with van der Waals surface area (Å²) in [7, 11) is 1.95. The van der Waals surface area contributed by atoms with Gasteiger partial charge in [0.1, 0.15) is 0 Å². The minimum absolute atomic E-state index is 0.268. The molecule has 1 saturated heterocycles. The van der Waals surface area contributed by atoms with Gasteiger partial charge < -0.3 is 15.0 Å². The predicted molar refractivity (Wildman–Crippen MR) is 81.1 cm³/mol. The van der Waals surface area contributed by atoms with Crippen LogP contribution in [0.25, 0.3) is 0 Å². The van der Waals surface area contributed by atoms with Crippen molar-refractivity contribution < 1.29 is 4.74 Å². The Morgan fingerprint density at radius 1 is 1.47 bits per heavy atom. The van der Waals surface area contributed by atoms with Gasteiger partial charge in [0.2, 0.25) is 0 Å². The number of rotatable bonds is 4. The highest BCUT2D eigenvalue weighted by molar-refractivity contribution is 6.31. The molecule has 0 aromatic heterocycles. The molecule has 3 nitrogen and oxygen atoms in total. The van der Waals surface area contributed by atoms with E-state index in [1.54, 1.807) is 0 Å². The van der Waals surface area contributed by atoms with Gasteiger partial charge in [-0.25, -0.2) is 0 Å². The fourth-order valence-electron chi connectivity index (χ4n) is 2.65. The summed E-state index contributed by atoms with van der Waals surface area (Å²) in [5.41, 5.74) is 2.42. The van der Waals surface area contributed by atoms with Gasteiger partial charge >= 0.3 is 0 Å². The summed E-state index contributed by atoms with van der Waals surface area (Å²) >= 11 is 6.36. The van der Waals surface area contributed by atoms with E-state index in [0.29, 0.717) is 6.04 Å². The highest BCUT2D eigenvalue weighted by Crippen LogP contribution is 2.31. The lowest BCUT2D eigenvalue weighted by molar-refractivity contribution is 0.0299. The number of nitrogens with one attached hydrogen (secondary N) is 1. The molecule has 1 aromatic rings. The second-order valence-corrected chi connectivity index (χ2v) is 5.53. The maximum atomic E-state index is 6.36. The minimum atomic E-state index is 0.268. The summed E-state index contributed by atoms with van der Waals surface area (Å²) in [5.74, 6) is 0. The van der Waals surface area contributed by atoms with Crippen molar-refractivity contribution in [3.05, 3.63) is 28.8 Å². The van der Waals surface area contributed by atoms with E-state index in [1.807, 2.05) is 19.2 Å². The number of halogens is 1. The summed E-state index contributed by atoms with van der Waals surface area (Å²) < 4.78 is 5.77. The zero-order valence-corrected chi connectivity index (χ0v) is 12.7. The number of hydrogen-bond donors (Lipinski definition) is 1. The van der Waals surface area contributed by atoms with Crippen LogP contribution in [-0.4, -0.2) is 32.3 Å². The van der Waals surface area contributed by atoms with Crippen LogP contribution in [0.15, 0.2) is 18.2 Å². The lowest BCUT2D eigenvalue weighted by Crippen LogP contribution is -2.49. The number of anilines is 1. The van der Waals surface area contributed by atoms with E-state index >= 15 is 0 Å². The first-order valence-corrected chi connectivity index (χ1v) is 7.35. The van der Waals surface area contributed by atoms with Crippen LogP contribution in [0.5, 0.6) is 0 Å². The maximum absolute atomic E-state index is 6.36. The van der Waals surface area contributed by atoms with Crippen LogP contribution in [0, 0.1) is 0 Å². The first-order chi connectivity index (χ1) is 9.17. The van der Waals surface area contributed by atoms with E-state index in [9.17, 15) is 0 Å². The standard InChI is InChI=1S/C15H23ClN2O/c1-4-12-10-19-11(2)9-18(12)15-7-5-6-14(16)13(15)8-17-3/h5-7,11-12,17H,4,8-10H2,1-3H3. The Labute approximate surface area is 120 Å². The van der Waals surface area contributed by atoms with Gasteiger partial charge in [-0.05, 0) is 32.5 Å². The number of benzene rings is 1. The number of ether oxygens (including phenoxy) is 1. The van der Waals surface area contributed by atoms with Crippen molar-refractivity contribution in [2.45, 2.75) is 39.0 Å². The van der Waals surface area contributed by atoms with E-state index in [1.165, 1.54) is 11.3 Å². The quantitative estimate of drug-likeness (QED) is 0.919. The summed E-state index contributed by atoms with van der Waals surface area (Å²) in [6.45, 7) is 6.84. The van der Waals surface area contributed by atoms with Crippen LogP contribution in [0.3, 0.4) is 0 Å². The lowest BCUT2D eigenvalue weighted by atomic mass is 10.1. The molecule has 1 aliphatic heterocycles. The Kier molecular flexibility index (Phi) is 5.08. The van der Waals surface area contributed by atoms with E-state index in [0.717, 1.165) is 31.1 Å². The van der Waals surface area contributed by atoms with Crippen LogP contribution in [-0.2, 0) is 11.3 Å². The third-order valence-electron chi connectivity index (χ3n) is 3.70. The SMILES string of the molecule is CCC1COC(C)CN1c1cccc(Cl)c1CNC. The normalized spacial score (nSPS) is 23.7. The van der Waals surface area contributed by atoms with E-state index in [2.05, 4.69) is 30.1 Å². The molecule has 19 heavy (non-hydrogen) atoms. The Balaban J connectivity index is 2.35. The lowest BCUT2D eigenvalue weighted by Gasteiger charge is -2.41. The molecule has 0 radical (unpaired) electrons. The third kappa shape index (κ3) is 3.22.